The van der Waals surface area contributed by atoms with Gasteiger partial charge in [-0.2, -0.15) is 0 Å². The Morgan fingerprint density at radius 1 is 0.743 bits per heavy atom. The van der Waals surface area contributed by atoms with Gasteiger partial charge in [0.05, 0.1) is 13.2 Å². The minimum Gasteiger partial charge on any atom is -0.342 e. The topological polar surface area (TPSA) is 35.5 Å². The Labute approximate surface area is 213 Å². The van der Waals surface area contributed by atoms with Crippen LogP contribution in [0.25, 0.3) is 0 Å². The fraction of sp³-hybridized carbons (Fsp3) is 0.594. The number of carbonyl (C=O) groups is 1. The second-order valence-corrected chi connectivity index (χ2v) is 10.2. The first kappa shape index (κ1) is 27.6. The lowest BCUT2D eigenvalue weighted by Crippen LogP contribution is -2.43. The van der Waals surface area contributed by atoms with Crippen LogP contribution in [0.4, 0.5) is 0 Å². The molecule has 2 atom stereocenters. The van der Waals surface area contributed by atoms with Crippen LogP contribution in [0.5, 0.6) is 0 Å². The van der Waals surface area contributed by atoms with Crippen LogP contribution in [0, 0.1) is 11.8 Å². The zero-order valence-corrected chi connectivity index (χ0v) is 22.7. The summed E-state index contributed by atoms with van der Waals surface area (Å²) in [5, 5.41) is 0. The summed E-state index contributed by atoms with van der Waals surface area (Å²) in [4.78, 5) is 13.6. The molecule has 0 bridgehead atoms. The number of ether oxygens (including phenoxy) is 2. The van der Waals surface area contributed by atoms with Gasteiger partial charge >= 0.3 is 0 Å². The van der Waals surface area contributed by atoms with Gasteiger partial charge < -0.3 is 9.47 Å². The van der Waals surface area contributed by atoms with Crippen LogP contribution in [0.3, 0.4) is 0 Å². The van der Waals surface area contributed by atoms with E-state index in [9.17, 15) is 4.79 Å². The molecule has 35 heavy (non-hydrogen) atoms. The summed E-state index contributed by atoms with van der Waals surface area (Å²) in [5.74, 6) is -0.0307. The van der Waals surface area contributed by atoms with Crippen molar-refractivity contribution in [2.45, 2.75) is 98.2 Å². The molecule has 0 N–H and O–H groups in total. The maximum atomic E-state index is 13.6. The van der Waals surface area contributed by atoms with Crippen LogP contribution in [0.2, 0.25) is 0 Å². The summed E-state index contributed by atoms with van der Waals surface area (Å²) in [6.07, 6.45) is 10.1. The Morgan fingerprint density at radius 3 is 1.86 bits per heavy atom. The third-order valence-corrected chi connectivity index (χ3v) is 7.75. The maximum absolute atomic E-state index is 13.6. The Kier molecular flexibility index (Phi) is 10.5. The van der Waals surface area contributed by atoms with Gasteiger partial charge in [0.15, 0.2) is 5.78 Å². The monoisotopic (exact) mass is 478 g/mol. The van der Waals surface area contributed by atoms with Crippen molar-refractivity contribution < 1.29 is 14.3 Å². The highest BCUT2D eigenvalue weighted by Gasteiger charge is 2.46. The molecular formula is C32H46O3. The molecule has 2 aromatic carbocycles. The van der Waals surface area contributed by atoms with E-state index in [0.717, 1.165) is 54.4 Å². The van der Waals surface area contributed by atoms with E-state index in [1.54, 1.807) is 0 Å². The average Bonchev–Trinajstić information content (AvgIpc) is 2.91. The summed E-state index contributed by atoms with van der Waals surface area (Å²) in [5.41, 5.74) is 4.32. The van der Waals surface area contributed by atoms with E-state index < -0.39 is 5.79 Å². The van der Waals surface area contributed by atoms with Gasteiger partial charge in [-0.25, -0.2) is 0 Å². The second-order valence-electron chi connectivity index (χ2n) is 10.2. The summed E-state index contributed by atoms with van der Waals surface area (Å²) in [6, 6.07) is 14.2. The molecule has 0 aliphatic heterocycles. The van der Waals surface area contributed by atoms with Gasteiger partial charge in [0.1, 0.15) is 0 Å². The number of ketones is 1. The summed E-state index contributed by atoms with van der Waals surface area (Å²) in [6.45, 7) is 12.3. The Hall–Kier alpha value is -1.97. The quantitative estimate of drug-likeness (QED) is 0.241. The number of aryl methyl sites for hydroxylation is 1. The van der Waals surface area contributed by atoms with Crippen LogP contribution in [-0.2, 0) is 21.7 Å². The van der Waals surface area contributed by atoms with E-state index >= 15 is 0 Å². The highest BCUT2D eigenvalue weighted by molar-refractivity contribution is 6.13. The normalized spacial score (nSPS) is 18.7. The lowest BCUT2D eigenvalue weighted by molar-refractivity contribution is -0.231. The molecular weight excluding hydrogens is 432 g/mol. The second kappa shape index (κ2) is 13.4. The number of benzene rings is 2. The van der Waals surface area contributed by atoms with E-state index in [1.165, 1.54) is 25.7 Å². The predicted molar refractivity (Wildman–Crippen MR) is 145 cm³/mol. The zero-order valence-electron chi connectivity index (χ0n) is 22.7. The highest BCUT2D eigenvalue weighted by Crippen LogP contribution is 2.45. The summed E-state index contributed by atoms with van der Waals surface area (Å²) in [7, 11) is 0. The van der Waals surface area contributed by atoms with Gasteiger partial charge in [-0.3, -0.25) is 4.79 Å². The van der Waals surface area contributed by atoms with Crippen LogP contribution >= 0.6 is 0 Å². The number of fused-ring (bicyclic) bond motifs is 2. The molecule has 192 valence electrons. The molecule has 0 aromatic heterocycles. The standard InChI is InChI=1S/C32H46O3/c1-6-11-15-25(9-4)22-34-32(35-23-26(10-5)16-12-7-2)29-18-14-13-17-27(29)31(33)28-21-24(8-3)19-20-30(28)32/h13-14,17-21,25-26H,6-12,15-16,22-23H2,1-5H3. The summed E-state index contributed by atoms with van der Waals surface area (Å²) < 4.78 is 13.8. The molecule has 1 aliphatic carbocycles. The molecule has 3 heteroatoms. The number of carbonyl (C=O) groups excluding carboxylic acids is 1. The number of rotatable bonds is 15. The smallest absolute Gasteiger partial charge is 0.223 e. The third kappa shape index (κ3) is 6.24. The molecule has 3 rings (SSSR count). The first-order chi connectivity index (χ1) is 17.0. The van der Waals surface area contributed by atoms with Gasteiger partial charge in [-0.05, 0) is 42.7 Å². The third-order valence-electron chi connectivity index (χ3n) is 7.75. The molecule has 0 heterocycles. The summed E-state index contributed by atoms with van der Waals surface area (Å²) >= 11 is 0. The Balaban J connectivity index is 2.08. The average molecular weight is 479 g/mol. The van der Waals surface area contributed by atoms with E-state index in [0.29, 0.717) is 30.6 Å². The van der Waals surface area contributed by atoms with Gasteiger partial charge in [0, 0.05) is 22.3 Å². The fourth-order valence-corrected chi connectivity index (χ4v) is 5.16. The number of hydrogen-bond donors (Lipinski definition) is 0. The van der Waals surface area contributed by atoms with E-state index in [1.807, 2.05) is 24.3 Å². The van der Waals surface area contributed by atoms with Crippen molar-refractivity contribution >= 4 is 5.78 Å². The van der Waals surface area contributed by atoms with Crippen LogP contribution < -0.4 is 0 Å². The van der Waals surface area contributed by atoms with Crippen molar-refractivity contribution in [3.8, 4) is 0 Å². The largest absolute Gasteiger partial charge is 0.342 e. The number of unbranched alkanes of at least 4 members (excludes halogenated alkanes) is 2. The van der Waals surface area contributed by atoms with Crippen LogP contribution in [-0.4, -0.2) is 19.0 Å². The van der Waals surface area contributed by atoms with Crippen molar-refractivity contribution in [2.75, 3.05) is 13.2 Å². The van der Waals surface area contributed by atoms with Crippen molar-refractivity contribution in [2.24, 2.45) is 11.8 Å². The molecule has 0 spiro atoms. The molecule has 0 saturated carbocycles. The highest BCUT2D eigenvalue weighted by atomic mass is 16.7. The van der Waals surface area contributed by atoms with E-state index in [2.05, 4.69) is 52.8 Å². The molecule has 3 nitrogen and oxygen atoms in total. The molecule has 2 aromatic rings. The Morgan fingerprint density at radius 2 is 1.31 bits per heavy atom. The Bertz CT molecular complexity index is 928. The molecule has 0 amide bonds. The minimum absolute atomic E-state index is 0.0739. The van der Waals surface area contributed by atoms with Crippen molar-refractivity contribution in [1.82, 2.24) is 0 Å². The van der Waals surface area contributed by atoms with Gasteiger partial charge in [-0.15, -0.1) is 0 Å². The molecule has 0 radical (unpaired) electrons. The maximum Gasteiger partial charge on any atom is 0.223 e. The van der Waals surface area contributed by atoms with Crippen molar-refractivity contribution in [3.05, 3.63) is 70.3 Å². The van der Waals surface area contributed by atoms with Crippen molar-refractivity contribution in [1.29, 1.82) is 0 Å². The fourth-order valence-electron chi connectivity index (χ4n) is 5.16. The predicted octanol–water partition coefficient (Wildman–Crippen LogP) is 8.46. The lowest BCUT2D eigenvalue weighted by Gasteiger charge is -2.41. The minimum atomic E-state index is -1.05. The van der Waals surface area contributed by atoms with Crippen molar-refractivity contribution in [3.63, 3.8) is 0 Å². The lowest BCUT2D eigenvalue weighted by atomic mass is 9.79. The van der Waals surface area contributed by atoms with Gasteiger partial charge in [0.2, 0.25) is 5.79 Å². The van der Waals surface area contributed by atoms with E-state index in [-0.39, 0.29) is 5.78 Å². The first-order valence-corrected chi connectivity index (χ1v) is 14.1. The van der Waals surface area contributed by atoms with E-state index in [4.69, 9.17) is 9.47 Å². The molecule has 0 saturated heterocycles. The SMILES string of the molecule is CCCCC(CC)COC1(OCC(CC)CCCC)c2ccccc2C(=O)c2cc(CC)ccc21. The van der Waals surface area contributed by atoms with Crippen LogP contribution in [0.1, 0.15) is 119 Å². The zero-order chi connectivity index (χ0) is 25.3. The first-order valence-electron chi connectivity index (χ1n) is 14.1. The molecule has 2 unspecified atom stereocenters. The number of hydrogen-bond acceptors (Lipinski definition) is 3. The molecule has 0 fully saturated rings. The van der Waals surface area contributed by atoms with Crippen LogP contribution in [0.15, 0.2) is 42.5 Å². The molecule has 1 aliphatic rings. The van der Waals surface area contributed by atoms with Gasteiger partial charge in [0.25, 0.3) is 0 Å². The van der Waals surface area contributed by atoms with Gasteiger partial charge in [-0.1, -0.05) is 110 Å².